The molecule has 9 heteroatoms. The molecule has 1 saturated carbocycles. The number of hydrogen-bond acceptors (Lipinski definition) is 5. The third kappa shape index (κ3) is 5.41. The molecule has 3 heterocycles. The highest BCUT2D eigenvalue weighted by molar-refractivity contribution is 6.30. The van der Waals surface area contributed by atoms with Gasteiger partial charge in [-0.3, -0.25) is 14.4 Å². The number of benzene rings is 2. The number of carbonyl (C=O) groups is 3. The number of hydrogen-bond donors (Lipinski definition) is 2. The maximum absolute atomic E-state index is 14.2. The molecule has 41 heavy (non-hydrogen) atoms. The number of fused-ring (bicyclic) bond motifs is 1. The Balaban J connectivity index is 1.24. The molecule has 2 bridgehead atoms. The maximum atomic E-state index is 14.2. The van der Waals surface area contributed by atoms with Crippen LogP contribution in [0.4, 0.5) is 5.69 Å². The SMILES string of the molecule is CN(CCN1C(=O)[C@@H]2[C@H](C(=O)Nc3ccc(Cl)cc3)[C@@H]3C=C[C@@]2(O3)[C@@H]1C(=O)NC1CCCCC1)Cc1ccccc1. The van der Waals surface area contributed by atoms with Crippen LogP contribution < -0.4 is 10.6 Å². The Morgan fingerprint density at radius 1 is 1.05 bits per heavy atom. The molecule has 3 fully saturated rings. The molecule has 1 spiro atoms. The molecule has 3 aliphatic heterocycles. The number of likely N-dealkylation sites (N-methyl/N-ethyl adjacent to an activating group) is 1. The fourth-order valence-corrected chi connectivity index (χ4v) is 7.17. The molecule has 2 saturated heterocycles. The first-order chi connectivity index (χ1) is 19.9. The lowest BCUT2D eigenvalue weighted by atomic mass is 9.74. The minimum Gasteiger partial charge on any atom is -0.359 e. The molecule has 1 aliphatic carbocycles. The molecule has 0 aromatic heterocycles. The van der Waals surface area contributed by atoms with Crippen molar-refractivity contribution in [2.24, 2.45) is 11.8 Å². The van der Waals surface area contributed by atoms with Crippen molar-refractivity contribution in [3.63, 3.8) is 0 Å². The van der Waals surface area contributed by atoms with Crippen molar-refractivity contribution in [2.45, 2.75) is 62.4 Å². The Morgan fingerprint density at radius 2 is 1.78 bits per heavy atom. The van der Waals surface area contributed by atoms with E-state index in [2.05, 4.69) is 27.7 Å². The monoisotopic (exact) mass is 576 g/mol. The van der Waals surface area contributed by atoms with Crippen LogP contribution in [0.1, 0.15) is 37.7 Å². The summed E-state index contributed by atoms with van der Waals surface area (Å²) in [4.78, 5) is 45.6. The van der Waals surface area contributed by atoms with Gasteiger partial charge in [0.1, 0.15) is 11.6 Å². The van der Waals surface area contributed by atoms with Gasteiger partial charge in [0.05, 0.1) is 17.9 Å². The zero-order valence-electron chi connectivity index (χ0n) is 23.3. The fraction of sp³-hybridized carbons (Fsp3) is 0.469. The first kappa shape index (κ1) is 27.9. The third-order valence-corrected chi connectivity index (χ3v) is 9.26. The first-order valence-electron chi connectivity index (χ1n) is 14.6. The maximum Gasteiger partial charge on any atom is 0.246 e. The van der Waals surface area contributed by atoms with Gasteiger partial charge in [-0.1, -0.05) is 73.3 Å². The molecular weight excluding hydrogens is 540 g/mol. The van der Waals surface area contributed by atoms with Gasteiger partial charge in [0.25, 0.3) is 0 Å². The topological polar surface area (TPSA) is 91.0 Å². The molecule has 0 radical (unpaired) electrons. The number of likely N-dealkylation sites (tertiary alicyclic amines) is 1. The lowest BCUT2D eigenvalue weighted by Crippen LogP contribution is -2.57. The van der Waals surface area contributed by atoms with Crippen LogP contribution in [0.15, 0.2) is 66.7 Å². The van der Waals surface area contributed by atoms with E-state index in [-0.39, 0.29) is 23.8 Å². The van der Waals surface area contributed by atoms with Crippen LogP contribution in [-0.4, -0.2) is 71.4 Å². The predicted molar refractivity (Wildman–Crippen MR) is 157 cm³/mol. The summed E-state index contributed by atoms with van der Waals surface area (Å²) in [6.45, 7) is 1.66. The van der Waals surface area contributed by atoms with E-state index in [9.17, 15) is 14.4 Å². The highest BCUT2D eigenvalue weighted by Gasteiger charge is 2.72. The molecule has 2 aromatic rings. The number of anilines is 1. The van der Waals surface area contributed by atoms with E-state index >= 15 is 0 Å². The number of nitrogens with one attached hydrogen (secondary N) is 2. The van der Waals surface area contributed by atoms with Crippen molar-refractivity contribution < 1.29 is 19.1 Å². The summed E-state index contributed by atoms with van der Waals surface area (Å²) in [5.74, 6) is -2.20. The van der Waals surface area contributed by atoms with Gasteiger partial charge in [0, 0.05) is 36.4 Å². The highest BCUT2D eigenvalue weighted by Crippen LogP contribution is 2.55. The highest BCUT2D eigenvalue weighted by atomic mass is 35.5. The van der Waals surface area contributed by atoms with Gasteiger partial charge >= 0.3 is 0 Å². The zero-order chi connectivity index (χ0) is 28.6. The standard InChI is InChI=1S/C32H37ClN4O4/c1-36(20-21-8-4-2-5-9-21)18-19-37-28(30(39)35-23-10-6-3-7-11-23)32-17-16-25(41-32)26(27(32)31(37)40)29(38)34-24-14-12-22(33)13-15-24/h2,4-5,8-9,12-17,23,25-28H,3,6-7,10-11,18-20H2,1H3,(H,34,38)(H,35,39)/t25-,26+,27-,28-,32-/m0/s1. The summed E-state index contributed by atoms with van der Waals surface area (Å²) in [6, 6.07) is 16.3. The summed E-state index contributed by atoms with van der Waals surface area (Å²) in [7, 11) is 2.01. The molecule has 4 aliphatic rings. The molecule has 2 N–H and O–H groups in total. The van der Waals surface area contributed by atoms with E-state index in [1.165, 1.54) is 12.0 Å². The minimum absolute atomic E-state index is 0.0935. The third-order valence-electron chi connectivity index (χ3n) is 9.01. The Bertz CT molecular complexity index is 1310. The van der Waals surface area contributed by atoms with Gasteiger partial charge in [0.15, 0.2) is 0 Å². The van der Waals surface area contributed by atoms with E-state index in [1.54, 1.807) is 29.2 Å². The van der Waals surface area contributed by atoms with Crippen LogP contribution >= 0.6 is 11.6 Å². The first-order valence-corrected chi connectivity index (χ1v) is 15.0. The minimum atomic E-state index is -1.17. The Morgan fingerprint density at radius 3 is 2.51 bits per heavy atom. The summed E-state index contributed by atoms with van der Waals surface area (Å²) in [5, 5.41) is 6.75. The number of carbonyl (C=O) groups excluding carboxylic acids is 3. The van der Waals surface area contributed by atoms with Crippen molar-refractivity contribution >= 4 is 35.0 Å². The second-order valence-electron chi connectivity index (χ2n) is 11.8. The number of halogens is 1. The van der Waals surface area contributed by atoms with Gasteiger partial charge in [-0.2, -0.15) is 0 Å². The normalized spacial score (nSPS) is 28.8. The largest absolute Gasteiger partial charge is 0.359 e. The smallest absolute Gasteiger partial charge is 0.246 e. The Hall–Kier alpha value is -3.20. The quantitative estimate of drug-likeness (QED) is 0.440. The number of amides is 3. The van der Waals surface area contributed by atoms with Crippen molar-refractivity contribution in [1.82, 2.24) is 15.1 Å². The molecule has 5 atom stereocenters. The van der Waals surface area contributed by atoms with Gasteiger partial charge in [0.2, 0.25) is 17.7 Å². The number of ether oxygens (including phenoxy) is 1. The van der Waals surface area contributed by atoms with E-state index in [0.29, 0.717) is 23.8 Å². The Labute approximate surface area is 246 Å². The van der Waals surface area contributed by atoms with E-state index < -0.39 is 29.6 Å². The van der Waals surface area contributed by atoms with Gasteiger partial charge < -0.3 is 25.2 Å². The van der Waals surface area contributed by atoms with Crippen molar-refractivity contribution in [3.05, 3.63) is 77.3 Å². The molecule has 8 nitrogen and oxygen atoms in total. The van der Waals surface area contributed by atoms with E-state index in [1.807, 2.05) is 37.4 Å². The summed E-state index contributed by atoms with van der Waals surface area (Å²) < 4.78 is 6.47. The molecule has 216 valence electrons. The second kappa shape index (κ2) is 11.6. The lowest BCUT2D eigenvalue weighted by molar-refractivity contribution is -0.141. The van der Waals surface area contributed by atoms with Crippen molar-refractivity contribution in [3.8, 4) is 0 Å². The van der Waals surface area contributed by atoms with Crippen molar-refractivity contribution in [1.29, 1.82) is 0 Å². The van der Waals surface area contributed by atoms with Gasteiger partial charge in [-0.15, -0.1) is 0 Å². The average Bonchev–Trinajstić information content (AvgIpc) is 3.61. The summed E-state index contributed by atoms with van der Waals surface area (Å²) in [6.07, 6.45) is 8.38. The van der Waals surface area contributed by atoms with Crippen LogP contribution in [0.5, 0.6) is 0 Å². The molecule has 0 unspecified atom stereocenters. The summed E-state index contributed by atoms with van der Waals surface area (Å²) in [5.41, 5.74) is 0.603. The summed E-state index contributed by atoms with van der Waals surface area (Å²) >= 11 is 6.01. The van der Waals surface area contributed by atoms with Gasteiger partial charge in [-0.25, -0.2) is 0 Å². The fourth-order valence-electron chi connectivity index (χ4n) is 7.05. The molecule has 6 rings (SSSR count). The Kier molecular flexibility index (Phi) is 7.90. The lowest BCUT2D eigenvalue weighted by Gasteiger charge is -2.34. The zero-order valence-corrected chi connectivity index (χ0v) is 24.1. The van der Waals surface area contributed by atoms with Crippen LogP contribution in [-0.2, 0) is 25.7 Å². The number of nitrogens with zero attached hydrogens (tertiary/aromatic N) is 2. The molecule has 2 aromatic carbocycles. The van der Waals surface area contributed by atoms with Gasteiger partial charge in [-0.05, 0) is 49.7 Å². The second-order valence-corrected chi connectivity index (χ2v) is 12.2. The van der Waals surface area contributed by atoms with Crippen LogP contribution in [0.25, 0.3) is 0 Å². The van der Waals surface area contributed by atoms with E-state index in [4.69, 9.17) is 16.3 Å². The van der Waals surface area contributed by atoms with Crippen LogP contribution in [0.2, 0.25) is 5.02 Å². The molecule has 3 amide bonds. The van der Waals surface area contributed by atoms with Crippen molar-refractivity contribution in [2.75, 3.05) is 25.5 Å². The predicted octanol–water partition coefficient (Wildman–Crippen LogP) is 4.01. The van der Waals surface area contributed by atoms with Crippen LogP contribution in [0, 0.1) is 11.8 Å². The number of rotatable bonds is 9. The van der Waals surface area contributed by atoms with Crippen LogP contribution in [0.3, 0.4) is 0 Å². The van der Waals surface area contributed by atoms with E-state index in [0.717, 1.165) is 32.2 Å². The average molecular weight is 577 g/mol. The molecular formula is C32H37ClN4O4.